The number of benzene rings is 2. The minimum Gasteiger partial charge on any atom is -0.322 e. The fraction of sp³-hybridized carbons (Fsp3) is 0.409. The first kappa shape index (κ1) is 21.7. The number of hydrogen-bond donors (Lipinski definition) is 1. The first-order chi connectivity index (χ1) is 14.5. The van der Waals surface area contributed by atoms with Crippen LogP contribution in [-0.2, 0) is 10.0 Å². The molecule has 0 aliphatic carbocycles. The van der Waals surface area contributed by atoms with Gasteiger partial charge >= 0.3 is 0 Å². The number of piperidine rings is 1. The van der Waals surface area contributed by atoms with Crippen LogP contribution in [0, 0.1) is 0 Å². The summed E-state index contributed by atoms with van der Waals surface area (Å²) in [5, 5.41) is 2.86. The Kier molecular flexibility index (Phi) is 7.08. The second-order valence-electron chi connectivity index (χ2n) is 7.49. The Morgan fingerprint density at radius 2 is 1.50 bits per heavy atom. The van der Waals surface area contributed by atoms with Crippen molar-refractivity contribution in [2.24, 2.45) is 0 Å². The summed E-state index contributed by atoms with van der Waals surface area (Å²) in [7, 11) is -3.46. The highest BCUT2D eigenvalue weighted by molar-refractivity contribution is 8.16. The zero-order valence-electron chi connectivity index (χ0n) is 16.7. The third kappa shape index (κ3) is 5.04. The molecule has 0 saturated carbocycles. The molecule has 2 aromatic carbocycles. The molecule has 2 aliphatic heterocycles. The highest BCUT2D eigenvalue weighted by Crippen LogP contribution is 2.43. The number of carbonyl (C=O) groups is 1. The van der Waals surface area contributed by atoms with Crippen molar-refractivity contribution in [1.82, 2.24) is 4.31 Å². The molecular weight excluding hydrogens is 436 g/mol. The molecule has 2 aliphatic rings. The van der Waals surface area contributed by atoms with E-state index in [9.17, 15) is 13.2 Å². The number of carbonyl (C=O) groups excluding carboxylic acids is 1. The van der Waals surface area contributed by atoms with Crippen LogP contribution in [-0.4, -0.2) is 43.2 Å². The van der Waals surface area contributed by atoms with Crippen LogP contribution in [0.4, 0.5) is 5.69 Å². The molecule has 0 aromatic heterocycles. The molecule has 4 rings (SSSR count). The van der Waals surface area contributed by atoms with E-state index in [0.29, 0.717) is 28.9 Å². The molecule has 8 heteroatoms. The first-order valence-electron chi connectivity index (χ1n) is 10.3. The zero-order chi connectivity index (χ0) is 21.0. The summed E-state index contributed by atoms with van der Waals surface area (Å²) in [6.45, 7) is 1.16. The van der Waals surface area contributed by atoms with E-state index in [0.717, 1.165) is 19.3 Å². The number of nitrogens with zero attached hydrogens (tertiary/aromatic N) is 1. The van der Waals surface area contributed by atoms with Crippen molar-refractivity contribution in [2.45, 2.75) is 35.2 Å². The fourth-order valence-electron chi connectivity index (χ4n) is 3.64. The summed E-state index contributed by atoms with van der Waals surface area (Å²) in [5.74, 6) is 2.17. The minimum atomic E-state index is -3.46. The molecule has 160 valence electrons. The van der Waals surface area contributed by atoms with Gasteiger partial charge in [-0.25, -0.2) is 8.42 Å². The summed E-state index contributed by atoms with van der Waals surface area (Å²) >= 11 is 3.91. The Hall–Kier alpha value is -1.48. The van der Waals surface area contributed by atoms with E-state index in [1.807, 2.05) is 47.8 Å². The van der Waals surface area contributed by atoms with Gasteiger partial charge in [0.1, 0.15) is 0 Å². The van der Waals surface area contributed by atoms with Gasteiger partial charge in [-0.15, -0.1) is 23.5 Å². The number of rotatable bonds is 5. The highest BCUT2D eigenvalue weighted by atomic mass is 32.2. The van der Waals surface area contributed by atoms with Gasteiger partial charge in [-0.1, -0.05) is 18.6 Å². The molecule has 1 amide bonds. The quantitative estimate of drug-likeness (QED) is 0.679. The number of amides is 1. The van der Waals surface area contributed by atoms with Crippen molar-refractivity contribution in [3.8, 4) is 0 Å². The van der Waals surface area contributed by atoms with Crippen LogP contribution >= 0.6 is 23.5 Å². The maximum absolute atomic E-state index is 12.7. The van der Waals surface area contributed by atoms with Gasteiger partial charge < -0.3 is 5.32 Å². The molecule has 2 aromatic rings. The maximum Gasteiger partial charge on any atom is 0.255 e. The number of thioether (sulfide) groups is 2. The van der Waals surface area contributed by atoms with Crippen LogP contribution in [0.1, 0.15) is 46.2 Å². The SMILES string of the molecule is O=C(Nc1ccc(S(=O)(=O)N2CCCCC2)cc1)c1ccc(C2SCCCS2)cc1. The first-order valence-corrected chi connectivity index (χ1v) is 13.8. The van der Waals surface area contributed by atoms with Crippen LogP contribution in [0.15, 0.2) is 53.4 Å². The van der Waals surface area contributed by atoms with Crippen molar-refractivity contribution in [1.29, 1.82) is 0 Å². The Labute approximate surface area is 187 Å². The average Bonchev–Trinajstić information content (AvgIpc) is 2.81. The average molecular weight is 463 g/mol. The molecule has 2 fully saturated rings. The molecule has 0 atom stereocenters. The third-order valence-electron chi connectivity index (χ3n) is 5.34. The zero-order valence-corrected chi connectivity index (χ0v) is 19.2. The third-order valence-corrected chi connectivity index (χ3v) is 10.3. The van der Waals surface area contributed by atoms with E-state index < -0.39 is 10.0 Å². The van der Waals surface area contributed by atoms with Crippen molar-refractivity contribution in [3.63, 3.8) is 0 Å². The van der Waals surface area contributed by atoms with E-state index in [1.54, 1.807) is 28.6 Å². The predicted molar refractivity (Wildman–Crippen MR) is 126 cm³/mol. The van der Waals surface area contributed by atoms with Gasteiger partial charge in [0.05, 0.1) is 9.48 Å². The fourth-order valence-corrected chi connectivity index (χ4v) is 8.05. The molecule has 1 N–H and O–H groups in total. The lowest BCUT2D eigenvalue weighted by atomic mass is 10.1. The topological polar surface area (TPSA) is 66.5 Å². The van der Waals surface area contributed by atoms with E-state index >= 15 is 0 Å². The Bertz CT molecular complexity index is 964. The van der Waals surface area contributed by atoms with Gasteiger partial charge in [0.15, 0.2) is 0 Å². The van der Waals surface area contributed by atoms with Crippen LogP contribution in [0.5, 0.6) is 0 Å². The van der Waals surface area contributed by atoms with Gasteiger partial charge in [0, 0.05) is 24.3 Å². The van der Waals surface area contributed by atoms with Crippen molar-refractivity contribution in [2.75, 3.05) is 29.9 Å². The second-order valence-corrected chi connectivity index (χ2v) is 12.2. The summed E-state index contributed by atoms with van der Waals surface area (Å²) in [6.07, 6.45) is 4.15. The van der Waals surface area contributed by atoms with Gasteiger partial charge in [-0.3, -0.25) is 4.79 Å². The van der Waals surface area contributed by atoms with Gasteiger partial charge in [-0.05, 0) is 72.7 Å². The Morgan fingerprint density at radius 1 is 0.867 bits per heavy atom. The smallest absolute Gasteiger partial charge is 0.255 e. The molecule has 2 heterocycles. The standard InChI is InChI=1S/C22H26N2O3S3/c25-21(17-5-7-18(8-6-17)22-28-15-4-16-29-22)23-19-9-11-20(12-10-19)30(26,27)24-13-2-1-3-14-24/h5-12,22H,1-4,13-16H2,(H,23,25). The van der Waals surface area contributed by atoms with E-state index in [-0.39, 0.29) is 10.8 Å². The molecule has 0 unspecified atom stereocenters. The lowest BCUT2D eigenvalue weighted by Crippen LogP contribution is -2.35. The normalized spacial score (nSPS) is 18.8. The Morgan fingerprint density at radius 3 is 2.13 bits per heavy atom. The lowest BCUT2D eigenvalue weighted by Gasteiger charge is -2.25. The molecule has 0 bridgehead atoms. The Balaban J connectivity index is 1.39. The highest BCUT2D eigenvalue weighted by Gasteiger charge is 2.25. The minimum absolute atomic E-state index is 0.197. The van der Waals surface area contributed by atoms with E-state index in [4.69, 9.17) is 0 Å². The molecule has 5 nitrogen and oxygen atoms in total. The number of sulfonamides is 1. The molecular formula is C22H26N2O3S3. The van der Waals surface area contributed by atoms with E-state index in [1.165, 1.54) is 23.5 Å². The van der Waals surface area contributed by atoms with Crippen LogP contribution in [0.2, 0.25) is 0 Å². The number of hydrogen-bond acceptors (Lipinski definition) is 5. The molecule has 0 radical (unpaired) electrons. The van der Waals surface area contributed by atoms with Crippen molar-refractivity contribution >= 4 is 45.1 Å². The van der Waals surface area contributed by atoms with Crippen molar-refractivity contribution in [3.05, 3.63) is 59.7 Å². The summed E-state index contributed by atoms with van der Waals surface area (Å²) < 4.78 is 27.5. The lowest BCUT2D eigenvalue weighted by molar-refractivity contribution is 0.102. The van der Waals surface area contributed by atoms with Gasteiger partial charge in [0.2, 0.25) is 10.0 Å². The number of anilines is 1. The second kappa shape index (κ2) is 9.77. The maximum atomic E-state index is 12.7. The monoisotopic (exact) mass is 462 g/mol. The summed E-state index contributed by atoms with van der Waals surface area (Å²) in [4.78, 5) is 12.9. The van der Waals surface area contributed by atoms with Crippen LogP contribution < -0.4 is 5.32 Å². The largest absolute Gasteiger partial charge is 0.322 e. The van der Waals surface area contributed by atoms with Crippen molar-refractivity contribution < 1.29 is 13.2 Å². The number of nitrogens with one attached hydrogen (secondary N) is 1. The van der Waals surface area contributed by atoms with Crippen LogP contribution in [0.25, 0.3) is 0 Å². The molecule has 30 heavy (non-hydrogen) atoms. The summed E-state index contributed by atoms with van der Waals surface area (Å²) in [5.41, 5.74) is 2.42. The van der Waals surface area contributed by atoms with E-state index in [2.05, 4.69) is 5.32 Å². The predicted octanol–water partition coefficient (Wildman–Crippen LogP) is 4.98. The van der Waals surface area contributed by atoms with Crippen LogP contribution in [0.3, 0.4) is 0 Å². The van der Waals surface area contributed by atoms with Gasteiger partial charge in [-0.2, -0.15) is 4.31 Å². The molecule has 0 spiro atoms. The summed E-state index contributed by atoms with van der Waals surface area (Å²) in [6, 6.07) is 14.2. The van der Waals surface area contributed by atoms with Gasteiger partial charge in [0.25, 0.3) is 5.91 Å². The molecule has 2 saturated heterocycles.